The summed E-state index contributed by atoms with van der Waals surface area (Å²) in [4.78, 5) is 13.7. The van der Waals surface area contributed by atoms with Gasteiger partial charge in [-0.3, -0.25) is 4.79 Å². The molecule has 4 heteroatoms. The van der Waals surface area contributed by atoms with Crippen molar-refractivity contribution in [3.05, 3.63) is 36.0 Å². The van der Waals surface area contributed by atoms with E-state index in [1.807, 2.05) is 12.1 Å². The second-order valence-electron chi connectivity index (χ2n) is 3.10. The predicted octanol–water partition coefficient (Wildman–Crippen LogP) is 1.25. The molecule has 1 aromatic carbocycles. The zero-order chi connectivity index (χ0) is 10.1. The molecule has 1 heterocycles. The Hall–Kier alpha value is -1.81. The number of aromatic amines is 1. The molecule has 0 bridgehead atoms. The molecule has 14 heavy (non-hydrogen) atoms. The Labute approximate surface area is 80.3 Å². The van der Waals surface area contributed by atoms with Gasteiger partial charge in [0.15, 0.2) is 0 Å². The van der Waals surface area contributed by atoms with Crippen LogP contribution in [0, 0.1) is 0 Å². The molecule has 72 valence electrons. The smallest absolute Gasteiger partial charge is 0.325 e. The van der Waals surface area contributed by atoms with E-state index in [0.29, 0.717) is 5.56 Å². The van der Waals surface area contributed by atoms with Crippen LogP contribution in [0.4, 0.5) is 0 Å². The molecule has 4 N–H and O–H groups in total. The molecule has 0 saturated carbocycles. The first-order valence-electron chi connectivity index (χ1n) is 4.24. The molecule has 0 aliphatic heterocycles. The van der Waals surface area contributed by atoms with Crippen LogP contribution in [0.2, 0.25) is 0 Å². The van der Waals surface area contributed by atoms with Crippen molar-refractivity contribution in [1.29, 1.82) is 0 Å². The molecule has 0 amide bonds. The van der Waals surface area contributed by atoms with Crippen LogP contribution in [0.1, 0.15) is 11.6 Å². The fourth-order valence-corrected chi connectivity index (χ4v) is 1.51. The van der Waals surface area contributed by atoms with E-state index < -0.39 is 12.0 Å². The van der Waals surface area contributed by atoms with Gasteiger partial charge in [0.1, 0.15) is 6.04 Å². The summed E-state index contributed by atoms with van der Waals surface area (Å²) in [5.74, 6) is -1.02. The van der Waals surface area contributed by atoms with Crippen molar-refractivity contribution in [3.8, 4) is 0 Å². The number of rotatable bonds is 2. The van der Waals surface area contributed by atoms with E-state index in [1.165, 1.54) is 0 Å². The fraction of sp³-hybridized carbons (Fsp3) is 0.100. The number of nitrogens with one attached hydrogen (secondary N) is 1. The van der Waals surface area contributed by atoms with Gasteiger partial charge in [-0.1, -0.05) is 12.1 Å². The van der Waals surface area contributed by atoms with E-state index >= 15 is 0 Å². The normalized spacial score (nSPS) is 12.9. The Morgan fingerprint density at radius 1 is 1.43 bits per heavy atom. The summed E-state index contributed by atoms with van der Waals surface area (Å²) in [5, 5.41) is 9.66. The molecule has 0 radical (unpaired) electrons. The summed E-state index contributed by atoms with van der Waals surface area (Å²) in [6.45, 7) is 0. The number of hydrogen-bond acceptors (Lipinski definition) is 2. The first-order chi connectivity index (χ1) is 6.70. The van der Waals surface area contributed by atoms with Crippen molar-refractivity contribution < 1.29 is 9.90 Å². The standard InChI is InChI=1S/C10H10N2O2/c11-9(10(13)14)7-2-1-3-8-6(7)4-5-12-8/h1-5,9,12H,11H2,(H,13,14)/t9-/m1/s1. The van der Waals surface area contributed by atoms with E-state index in [2.05, 4.69) is 4.98 Å². The average molecular weight is 190 g/mol. The summed E-state index contributed by atoms with van der Waals surface area (Å²) in [5.41, 5.74) is 7.09. The topological polar surface area (TPSA) is 79.1 Å². The quantitative estimate of drug-likeness (QED) is 0.666. The summed E-state index contributed by atoms with van der Waals surface area (Å²) >= 11 is 0. The lowest BCUT2D eigenvalue weighted by atomic mass is 10.0. The number of aromatic nitrogens is 1. The van der Waals surface area contributed by atoms with Crippen molar-refractivity contribution in [1.82, 2.24) is 4.98 Å². The number of benzene rings is 1. The molecule has 2 rings (SSSR count). The van der Waals surface area contributed by atoms with E-state index in [0.717, 1.165) is 10.9 Å². The Balaban J connectivity index is 2.61. The third-order valence-electron chi connectivity index (χ3n) is 2.23. The van der Waals surface area contributed by atoms with Crippen LogP contribution >= 0.6 is 0 Å². The number of carbonyl (C=O) groups is 1. The van der Waals surface area contributed by atoms with Crippen LogP contribution in [0.3, 0.4) is 0 Å². The Morgan fingerprint density at radius 3 is 2.93 bits per heavy atom. The molecule has 0 unspecified atom stereocenters. The fourth-order valence-electron chi connectivity index (χ4n) is 1.51. The highest BCUT2D eigenvalue weighted by atomic mass is 16.4. The number of hydrogen-bond donors (Lipinski definition) is 3. The molecule has 0 fully saturated rings. The van der Waals surface area contributed by atoms with E-state index in [1.54, 1.807) is 18.3 Å². The highest BCUT2D eigenvalue weighted by Crippen LogP contribution is 2.22. The van der Waals surface area contributed by atoms with Crippen LogP contribution in [0.5, 0.6) is 0 Å². The third kappa shape index (κ3) is 1.25. The molecule has 1 atom stereocenters. The molecule has 1 aromatic heterocycles. The second kappa shape index (κ2) is 3.16. The average Bonchev–Trinajstić information content (AvgIpc) is 2.63. The molecule has 2 aromatic rings. The third-order valence-corrected chi connectivity index (χ3v) is 2.23. The minimum absolute atomic E-state index is 0.635. The van der Waals surface area contributed by atoms with Crippen LogP contribution in [-0.2, 0) is 4.79 Å². The van der Waals surface area contributed by atoms with Crippen molar-refractivity contribution >= 4 is 16.9 Å². The number of carboxylic acid groups (broad SMARTS) is 1. The monoisotopic (exact) mass is 190 g/mol. The van der Waals surface area contributed by atoms with Gasteiger partial charge in [0, 0.05) is 17.1 Å². The Bertz CT molecular complexity index is 476. The Kier molecular flexibility index (Phi) is 1.98. The lowest BCUT2D eigenvalue weighted by Gasteiger charge is -2.07. The van der Waals surface area contributed by atoms with Gasteiger partial charge >= 0.3 is 5.97 Å². The molecule has 4 nitrogen and oxygen atoms in total. The summed E-state index contributed by atoms with van der Waals surface area (Å²) in [6, 6.07) is 6.27. The van der Waals surface area contributed by atoms with Crippen LogP contribution in [-0.4, -0.2) is 16.1 Å². The summed E-state index contributed by atoms with van der Waals surface area (Å²) < 4.78 is 0. The lowest BCUT2D eigenvalue weighted by Crippen LogP contribution is -2.20. The van der Waals surface area contributed by atoms with E-state index in [-0.39, 0.29) is 0 Å². The molecular formula is C10H10N2O2. The zero-order valence-electron chi connectivity index (χ0n) is 7.40. The molecule has 0 saturated heterocycles. The van der Waals surface area contributed by atoms with Gasteiger partial charge in [-0.05, 0) is 17.7 Å². The van der Waals surface area contributed by atoms with Crippen molar-refractivity contribution in [2.45, 2.75) is 6.04 Å². The van der Waals surface area contributed by atoms with Crippen LogP contribution in [0.15, 0.2) is 30.5 Å². The minimum atomic E-state index is -1.02. The predicted molar refractivity (Wildman–Crippen MR) is 52.9 cm³/mol. The van der Waals surface area contributed by atoms with Crippen molar-refractivity contribution in [2.75, 3.05) is 0 Å². The van der Waals surface area contributed by atoms with Gasteiger partial charge < -0.3 is 15.8 Å². The van der Waals surface area contributed by atoms with Gasteiger partial charge in [-0.15, -0.1) is 0 Å². The summed E-state index contributed by atoms with van der Waals surface area (Å²) in [6.07, 6.45) is 1.77. The number of nitrogens with two attached hydrogens (primary N) is 1. The largest absolute Gasteiger partial charge is 0.480 e. The first-order valence-corrected chi connectivity index (χ1v) is 4.24. The van der Waals surface area contributed by atoms with Gasteiger partial charge in [-0.2, -0.15) is 0 Å². The van der Waals surface area contributed by atoms with Gasteiger partial charge in [0.25, 0.3) is 0 Å². The van der Waals surface area contributed by atoms with Gasteiger partial charge in [0.05, 0.1) is 0 Å². The first kappa shape index (κ1) is 8.77. The SMILES string of the molecule is N[C@@H](C(=O)O)c1cccc2[nH]ccc12. The van der Waals surface area contributed by atoms with Crippen molar-refractivity contribution in [3.63, 3.8) is 0 Å². The van der Waals surface area contributed by atoms with Crippen LogP contribution in [0.25, 0.3) is 10.9 Å². The maximum absolute atomic E-state index is 10.7. The minimum Gasteiger partial charge on any atom is -0.480 e. The highest BCUT2D eigenvalue weighted by Gasteiger charge is 2.16. The van der Waals surface area contributed by atoms with E-state index in [4.69, 9.17) is 10.8 Å². The zero-order valence-corrected chi connectivity index (χ0v) is 7.40. The summed E-state index contributed by atoms with van der Waals surface area (Å²) in [7, 11) is 0. The maximum atomic E-state index is 10.7. The second-order valence-corrected chi connectivity index (χ2v) is 3.10. The number of fused-ring (bicyclic) bond motifs is 1. The van der Waals surface area contributed by atoms with Crippen LogP contribution < -0.4 is 5.73 Å². The van der Waals surface area contributed by atoms with Gasteiger partial charge in [-0.25, -0.2) is 0 Å². The number of aliphatic carboxylic acids is 1. The maximum Gasteiger partial charge on any atom is 0.325 e. The van der Waals surface area contributed by atoms with Gasteiger partial charge in [0.2, 0.25) is 0 Å². The molecule has 0 aliphatic rings. The molecular weight excluding hydrogens is 180 g/mol. The highest BCUT2D eigenvalue weighted by molar-refractivity contribution is 5.88. The molecule has 0 spiro atoms. The lowest BCUT2D eigenvalue weighted by molar-refractivity contribution is -0.138. The Morgan fingerprint density at radius 2 is 2.21 bits per heavy atom. The van der Waals surface area contributed by atoms with E-state index in [9.17, 15) is 4.79 Å². The molecule has 0 aliphatic carbocycles. The number of carboxylic acids is 1. The number of H-pyrrole nitrogens is 1. The van der Waals surface area contributed by atoms with Crippen molar-refractivity contribution in [2.24, 2.45) is 5.73 Å².